The zero-order valence-corrected chi connectivity index (χ0v) is 14.2. The summed E-state index contributed by atoms with van der Waals surface area (Å²) < 4.78 is 1.12. The highest BCUT2D eigenvalue weighted by Crippen LogP contribution is 2.28. The minimum absolute atomic E-state index is 0.397. The van der Waals surface area contributed by atoms with Gasteiger partial charge in [0.1, 0.15) is 5.01 Å². The molecule has 2 rings (SSSR count). The van der Waals surface area contributed by atoms with Gasteiger partial charge in [-0.05, 0) is 37.7 Å². The highest BCUT2D eigenvalue weighted by Gasteiger charge is 2.08. The Labute approximate surface area is 131 Å². The third kappa shape index (κ3) is 4.60. The molecule has 19 heavy (non-hydrogen) atoms. The van der Waals surface area contributed by atoms with E-state index >= 15 is 0 Å². The Kier molecular flexibility index (Phi) is 5.88. The van der Waals surface area contributed by atoms with Crippen molar-refractivity contribution < 1.29 is 0 Å². The molecule has 1 atom stereocenters. The first-order valence-electron chi connectivity index (χ1n) is 6.25. The molecule has 1 N–H and O–H groups in total. The number of thiazole rings is 1. The third-order valence-corrected chi connectivity index (χ3v) is 5.60. The number of rotatable bonds is 6. The molecule has 0 saturated carbocycles. The van der Waals surface area contributed by atoms with Crippen molar-refractivity contribution in [2.24, 2.45) is 0 Å². The second-order valence-electron chi connectivity index (χ2n) is 4.18. The fourth-order valence-electron chi connectivity index (χ4n) is 1.67. The average molecular weight is 357 g/mol. The van der Waals surface area contributed by atoms with E-state index in [-0.39, 0.29) is 0 Å². The lowest BCUT2D eigenvalue weighted by Crippen LogP contribution is -2.16. The smallest absolute Gasteiger partial charge is 0.103 e. The van der Waals surface area contributed by atoms with Gasteiger partial charge in [0.15, 0.2) is 0 Å². The number of hydrogen-bond acceptors (Lipinski definition) is 4. The molecule has 2 nitrogen and oxygen atoms in total. The van der Waals surface area contributed by atoms with Crippen molar-refractivity contribution in [1.29, 1.82) is 0 Å². The van der Waals surface area contributed by atoms with E-state index in [1.54, 1.807) is 11.3 Å². The zero-order valence-electron chi connectivity index (χ0n) is 11.0. The van der Waals surface area contributed by atoms with Crippen LogP contribution in [0.1, 0.15) is 29.8 Å². The zero-order chi connectivity index (χ0) is 13.7. The molecule has 0 fully saturated rings. The number of halogens is 1. The van der Waals surface area contributed by atoms with Crippen LogP contribution in [0.3, 0.4) is 0 Å². The van der Waals surface area contributed by atoms with Gasteiger partial charge in [-0.3, -0.25) is 0 Å². The molecule has 0 aliphatic carbocycles. The fraction of sp³-hybridized carbons (Fsp3) is 0.357. The van der Waals surface area contributed by atoms with Crippen LogP contribution < -0.4 is 5.32 Å². The first-order chi connectivity index (χ1) is 9.19. The van der Waals surface area contributed by atoms with E-state index in [0.29, 0.717) is 6.04 Å². The molecule has 102 valence electrons. The number of aromatic nitrogens is 1. The van der Waals surface area contributed by atoms with E-state index in [0.717, 1.165) is 16.8 Å². The quantitative estimate of drug-likeness (QED) is 0.747. The van der Waals surface area contributed by atoms with Crippen LogP contribution in [0.2, 0.25) is 0 Å². The lowest BCUT2D eigenvalue weighted by atomic mass is 10.3. The van der Waals surface area contributed by atoms with E-state index in [1.807, 2.05) is 18.0 Å². The van der Waals surface area contributed by atoms with Crippen LogP contribution in [-0.4, -0.2) is 11.5 Å². The van der Waals surface area contributed by atoms with Crippen LogP contribution in [0.25, 0.3) is 0 Å². The fourth-order valence-corrected chi connectivity index (χ4v) is 3.79. The summed E-state index contributed by atoms with van der Waals surface area (Å²) >= 11 is 7.08. The maximum Gasteiger partial charge on any atom is 0.103 e. The molecule has 0 aliphatic heterocycles. The van der Waals surface area contributed by atoms with Gasteiger partial charge in [0.05, 0.1) is 5.75 Å². The second-order valence-corrected chi connectivity index (χ2v) is 7.29. The molecule has 1 aromatic heterocycles. The van der Waals surface area contributed by atoms with Gasteiger partial charge in [-0.1, -0.05) is 22.9 Å². The average Bonchev–Trinajstić information content (AvgIpc) is 2.87. The van der Waals surface area contributed by atoms with Gasteiger partial charge in [-0.25, -0.2) is 4.98 Å². The van der Waals surface area contributed by atoms with Gasteiger partial charge < -0.3 is 5.32 Å². The van der Waals surface area contributed by atoms with Crippen molar-refractivity contribution in [2.45, 2.75) is 30.5 Å². The van der Waals surface area contributed by atoms with Crippen LogP contribution in [0.15, 0.2) is 39.8 Å². The Hall–Kier alpha value is -0.360. The first kappa shape index (κ1) is 15.0. The van der Waals surface area contributed by atoms with E-state index in [1.165, 1.54) is 14.8 Å². The summed E-state index contributed by atoms with van der Waals surface area (Å²) in [5, 5.41) is 4.60. The summed E-state index contributed by atoms with van der Waals surface area (Å²) in [6.45, 7) is 5.30. The maximum absolute atomic E-state index is 4.50. The molecule has 5 heteroatoms. The summed E-state index contributed by atoms with van der Waals surface area (Å²) in [5.41, 5.74) is 0. The van der Waals surface area contributed by atoms with Crippen molar-refractivity contribution >= 4 is 39.0 Å². The third-order valence-electron chi connectivity index (χ3n) is 2.68. The topological polar surface area (TPSA) is 24.9 Å². The van der Waals surface area contributed by atoms with Crippen LogP contribution >= 0.6 is 39.0 Å². The first-order valence-corrected chi connectivity index (χ1v) is 8.85. The molecular weight excluding hydrogens is 340 g/mol. The Bertz CT molecular complexity index is 510. The summed E-state index contributed by atoms with van der Waals surface area (Å²) in [7, 11) is 0. The molecular formula is C14H17BrN2S2. The molecule has 1 heterocycles. The van der Waals surface area contributed by atoms with Gasteiger partial charge in [-0.2, -0.15) is 0 Å². The second kappa shape index (κ2) is 7.43. The number of hydrogen-bond donors (Lipinski definition) is 1. The highest BCUT2D eigenvalue weighted by atomic mass is 79.9. The van der Waals surface area contributed by atoms with Crippen LogP contribution in [0.5, 0.6) is 0 Å². The molecule has 0 saturated heterocycles. The Morgan fingerprint density at radius 1 is 1.37 bits per heavy atom. The predicted octanol–water partition coefficient (Wildman–Crippen LogP) is 4.87. The lowest BCUT2D eigenvalue weighted by molar-refractivity contribution is 0.606. The molecule has 1 unspecified atom stereocenters. The highest BCUT2D eigenvalue weighted by molar-refractivity contribution is 9.10. The van der Waals surface area contributed by atoms with Gasteiger partial charge in [0.2, 0.25) is 0 Å². The van der Waals surface area contributed by atoms with Gasteiger partial charge in [0.25, 0.3) is 0 Å². The minimum Gasteiger partial charge on any atom is -0.310 e. The van der Waals surface area contributed by atoms with E-state index in [9.17, 15) is 0 Å². The normalized spacial score (nSPS) is 12.6. The standard InChI is InChI=1S/C14H17BrN2S2/c1-3-16-10(2)13-8-17-14(19-13)9-18-12-6-4-11(15)5-7-12/h4-8,10,16H,3,9H2,1-2H3. The molecule has 0 amide bonds. The van der Waals surface area contributed by atoms with Crippen LogP contribution in [0.4, 0.5) is 0 Å². The Balaban J connectivity index is 1.91. The number of nitrogens with zero attached hydrogens (tertiary/aromatic N) is 1. The molecule has 0 aliphatic rings. The Morgan fingerprint density at radius 3 is 2.79 bits per heavy atom. The Morgan fingerprint density at radius 2 is 2.11 bits per heavy atom. The van der Waals surface area contributed by atoms with Crippen molar-refractivity contribution in [3.8, 4) is 0 Å². The number of benzene rings is 1. The van der Waals surface area contributed by atoms with Crippen LogP contribution in [0, 0.1) is 0 Å². The van der Waals surface area contributed by atoms with Gasteiger partial charge >= 0.3 is 0 Å². The SMILES string of the molecule is CCNC(C)c1cnc(CSc2ccc(Br)cc2)s1. The maximum atomic E-state index is 4.50. The van der Waals surface area contributed by atoms with Crippen molar-refractivity contribution in [2.75, 3.05) is 6.54 Å². The van der Waals surface area contributed by atoms with Gasteiger partial charge in [-0.15, -0.1) is 23.1 Å². The largest absolute Gasteiger partial charge is 0.310 e. The van der Waals surface area contributed by atoms with Crippen LogP contribution in [-0.2, 0) is 5.75 Å². The monoisotopic (exact) mass is 356 g/mol. The van der Waals surface area contributed by atoms with E-state index < -0.39 is 0 Å². The predicted molar refractivity (Wildman–Crippen MR) is 87.9 cm³/mol. The molecule has 2 aromatic rings. The number of thioether (sulfide) groups is 1. The summed E-state index contributed by atoms with van der Waals surface area (Å²) in [6.07, 6.45) is 2.00. The molecule has 1 aromatic carbocycles. The van der Waals surface area contributed by atoms with Crippen molar-refractivity contribution in [3.63, 3.8) is 0 Å². The van der Waals surface area contributed by atoms with E-state index in [4.69, 9.17) is 0 Å². The summed E-state index contributed by atoms with van der Waals surface area (Å²) in [6, 6.07) is 8.80. The molecule has 0 spiro atoms. The van der Waals surface area contributed by atoms with Crippen molar-refractivity contribution in [1.82, 2.24) is 10.3 Å². The summed E-state index contributed by atoms with van der Waals surface area (Å²) in [5.74, 6) is 0.936. The molecule has 0 radical (unpaired) electrons. The minimum atomic E-state index is 0.397. The van der Waals surface area contributed by atoms with Crippen molar-refractivity contribution in [3.05, 3.63) is 44.8 Å². The molecule has 0 bridgehead atoms. The summed E-state index contributed by atoms with van der Waals surface area (Å²) in [4.78, 5) is 7.09. The lowest BCUT2D eigenvalue weighted by Gasteiger charge is -2.08. The number of nitrogens with one attached hydrogen (secondary N) is 1. The van der Waals surface area contributed by atoms with Gasteiger partial charge in [0, 0.05) is 26.5 Å². The van der Waals surface area contributed by atoms with E-state index in [2.05, 4.69) is 64.3 Å².